The number of carbonyl (C=O) groups is 2. The van der Waals surface area contributed by atoms with E-state index in [-0.39, 0.29) is 12.5 Å². The molecule has 212 valence electrons. The Bertz CT molecular complexity index is 1260. The van der Waals surface area contributed by atoms with Gasteiger partial charge in [0.1, 0.15) is 18.3 Å². The molecule has 2 unspecified atom stereocenters. The number of halogens is 1. The Labute approximate surface area is 240 Å². The molecule has 0 bridgehead atoms. The lowest BCUT2D eigenvalue weighted by atomic mass is 9.83. The van der Waals surface area contributed by atoms with Crippen molar-refractivity contribution in [2.45, 2.75) is 61.9 Å². The summed E-state index contributed by atoms with van der Waals surface area (Å²) in [5, 5.41) is 0.518. The quantitative estimate of drug-likeness (QED) is 0.101. The summed E-state index contributed by atoms with van der Waals surface area (Å²) in [4.78, 5) is 25.6. The summed E-state index contributed by atoms with van der Waals surface area (Å²) in [6.45, 7) is 0.957. The average molecular weight is 594 g/mol. The van der Waals surface area contributed by atoms with Crippen LogP contribution in [0, 0.1) is 5.92 Å². The van der Waals surface area contributed by atoms with E-state index in [1.807, 2.05) is 41.7 Å². The molecule has 2 aromatic carbocycles. The second-order valence-electron chi connectivity index (χ2n) is 10.0. The van der Waals surface area contributed by atoms with Crippen molar-refractivity contribution >= 4 is 63.2 Å². The van der Waals surface area contributed by atoms with Crippen LogP contribution in [0.5, 0.6) is 0 Å². The van der Waals surface area contributed by atoms with Gasteiger partial charge in [0.15, 0.2) is 0 Å². The first-order chi connectivity index (χ1) is 18.8. The predicted octanol–water partition coefficient (Wildman–Crippen LogP) is 5.16. The van der Waals surface area contributed by atoms with Crippen molar-refractivity contribution in [3.63, 3.8) is 0 Å². The highest BCUT2D eigenvalue weighted by atomic mass is 35.5. The van der Waals surface area contributed by atoms with E-state index in [9.17, 15) is 13.8 Å². The largest absolute Gasteiger partial charge is 0.468 e. The highest BCUT2D eigenvalue weighted by Crippen LogP contribution is 2.43. The van der Waals surface area contributed by atoms with Crippen molar-refractivity contribution in [3.8, 4) is 0 Å². The molecular formula is C28H36ClN3O5S2. The van der Waals surface area contributed by atoms with Gasteiger partial charge in [-0.25, -0.2) is 13.2 Å². The standard InChI is InChI=1S/C28H36ClN3O5S2/c1-31-26(20-10-6-4-7-11-20)18-32(22-12-8-5-9-13-22)25-17-23(29)21(16-27(25)39(31,3)35)14-15-24(28(34)36-2)30-38-37-19-33/h5,8-9,12-13,16-17,19-20,24,26,30H,3-4,6-7,10-11,14-15,18H2,1-2H3/t24?,26-,39?/m0/s1. The predicted molar refractivity (Wildman–Crippen MR) is 159 cm³/mol. The second kappa shape index (κ2) is 13.4. The molecule has 1 aliphatic carbocycles. The molecule has 4 rings (SSSR count). The number of esters is 1. The molecule has 0 amide bonds. The van der Waals surface area contributed by atoms with E-state index < -0.39 is 21.7 Å². The van der Waals surface area contributed by atoms with Crippen LogP contribution in [0.1, 0.15) is 44.1 Å². The number of para-hydroxylation sites is 1. The highest BCUT2D eigenvalue weighted by Gasteiger charge is 2.38. The van der Waals surface area contributed by atoms with Crippen LogP contribution >= 0.6 is 23.8 Å². The Balaban J connectivity index is 1.72. The van der Waals surface area contributed by atoms with E-state index in [1.54, 1.807) is 0 Å². The van der Waals surface area contributed by atoms with E-state index in [0.29, 0.717) is 47.5 Å². The Kier molecular flexibility index (Phi) is 10.2. The number of nitrogens with zero attached hydrogens (tertiary/aromatic N) is 2. The maximum Gasteiger partial charge on any atom is 0.323 e. The van der Waals surface area contributed by atoms with Crippen LogP contribution in [-0.2, 0) is 34.6 Å². The Morgan fingerprint density at radius 3 is 2.64 bits per heavy atom. The van der Waals surface area contributed by atoms with Crippen molar-refractivity contribution < 1.29 is 22.7 Å². The molecule has 2 aromatic rings. The van der Waals surface area contributed by atoms with E-state index in [1.165, 1.54) is 26.4 Å². The number of rotatable bonds is 10. The van der Waals surface area contributed by atoms with Crippen LogP contribution in [0.3, 0.4) is 0 Å². The van der Waals surface area contributed by atoms with Crippen molar-refractivity contribution in [2.24, 2.45) is 5.92 Å². The zero-order chi connectivity index (χ0) is 28.0. The summed E-state index contributed by atoms with van der Waals surface area (Å²) in [7, 11) is 0.381. The number of likely N-dealkylation sites (N-methyl/N-ethyl adjacent to an activating group) is 1. The van der Waals surface area contributed by atoms with Crippen molar-refractivity contribution in [1.29, 1.82) is 0 Å². The lowest BCUT2D eigenvalue weighted by molar-refractivity contribution is -0.142. The first-order valence-electron chi connectivity index (χ1n) is 13.1. The summed E-state index contributed by atoms with van der Waals surface area (Å²) in [6.07, 6.45) is 6.57. The molecule has 8 nitrogen and oxygen atoms in total. The summed E-state index contributed by atoms with van der Waals surface area (Å²) in [6, 6.07) is 13.2. The number of nitrogens with one attached hydrogen (secondary N) is 1. The number of ether oxygens (including phenoxy) is 1. The highest BCUT2D eigenvalue weighted by molar-refractivity contribution is 7.98. The zero-order valence-electron chi connectivity index (χ0n) is 22.3. The molecule has 3 atom stereocenters. The molecule has 11 heteroatoms. The number of anilines is 2. The number of hydrogen-bond donors (Lipinski definition) is 1. The molecule has 1 saturated carbocycles. The van der Waals surface area contributed by atoms with Gasteiger partial charge in [-0.3, -0.25) is 9.59 Å². The summed E-state index contributed by atoms with van der Waals surface area (Å²) < 4.78 is 28.8. The van der Waals surface area contributed by atoms with Crippen molar-refractivity contribution in [1.82, 2.24) is 9.03 Å². The Hall–Kier alpha value is -2.24. The molecule has 0 spiro atoms. The molecule has 39 heavy (non-hydrogen) atoms. The third kappa shape index (κ3) is 6.74. The fourth-order valence-corrected chi connectivity index (χ4v) is 8.09. The molecule has 1 heterocycles. The molecule has 1 fully saturated rings. The maximum absolute atomic E-state index is 14.5. The van der Waals surface area contributed by atoms with Gasteiger partial charge >= 0.3 is 12.4 Å². The molecule has 2 aliphatic rings. The van der Waals surface area contributed by atoms with Gasteiger partial charge in [0.2, 0.25) is 0 Å². The minimum atomic E-state index is -2.85. The SMILES string of the molecule is C=S1(=O)c2cc(CCC(NSOC=O)C(=O)OC)c(Cl)cc2N(c2ccccc2)C[C@@H](C2CCCCC2)N1C. The Morgan fingerprint density at radius 2 is 1.97 bits per heavy atom. The van der Waals surface area contributed by atoms with Crippen LogP contribution in [0.15, 0.2) is 47.4 Å². The average Bonchev–Trinajstić information content (AvgIpc) is 3.03. The van der Waals surface area contributed by atoms with Crippen LogP contribution in [0.2, 0.25) is 5.02 Å². The van der Waals surface area contributed by atoms with E-state index in [4.69, 9.17) is 16.3 Å². The molecular weight excluding hydrogens is 558 g/mol. The van der Waals surface area contributed by atoms with Crippen molar-refractivity contribution in [3.05, 3.63) is 53.1 Å². The second-order valence-corrected chi connectivity index (χ2v) is 13.3. The first-order valence-corrected chi connectivity index (χ1v) is 15.9. The van der Waals surface area contributed by atoms with Crippen LogP contribution in [0.4, 0.5) is 11.4 Å². The lowest BCUT2D eigenvalue weighted by Gasteiger charge is -2.38. The maximum atomic E-state index is 14.5. The van der Waals surface area contributed by atoms with E-state index in [0.717, 1.165) is 29.8 Å². The summed E-state index contributed by atoms with van der Waals surface area (Å²) in [5.41, 5.74) is 2.55. The smallest absolute Gasteiger partial charge is 0.323 e. The number of hydrogen-bond acceptors (Lipinski definition) is 8. The van der Waals surface area contributed by atoms with Gasteiger partial charge in [0.05, 0.1) is 27.4 Å². The lowest BCUT2D eigenvalue weighted by Crippen LogP contribution is -2.46. The summed E-state index contributed by atoms with van der Waals surface area (Å²) >= 11 is 7.50. The van der Waals surface area contributed by atoms with Crippen LogP contribution in [-0.4, -0.2) is 59.6 Å². The normalized spacial score (nSPS) is 22.9. The third-order valence-electron chi connectivity index (χ3n) is 7.79. The first kappa shape index (κ1) is 29.7. The topological polar surface area (TPSA) is 88.2 Å². The number of benzene rings is 2. The molecule has 0 saturated heterocycles. The molecule has 0 radical (unpaired) electrons. The van der Waals surface area contributed by atoms with Gasteiger partial charge in [0, 0.05) is 23.3 Å². The van der Waals surface area contributed by atoms with Gasteiger partial charge in [-0.2, -0.15) is 0 Å². The van der Waals surface area contributed by atoms with Crippen LogP contribution in [0.25, 0.3) is 0 Å². The van der Waals surface area contributed by atoms with Gasteiger partial charge < -0.3 is 13.8 Å². The van der Waals surface area contributed by atoms with Crippen molar-refractivity contribution in [2.75, 3.05) is 25.6 Å². The minimum Gasteiger partial charge on any atom is -0.468 e. The fourth-order valence-electron chi connectivity index (χ4n) is 5.61. The van der Waals surface area contributed by atoms with E-state index >= 15 is 0 Å². The van der Waals surface area contributed by atoms with Crippen LogP contribution < -0.4 is 9.62 Å². The Morgan fingerprint density at radius 1 is 1.26 bits per heavy atom. The molecule has 1 N–H and O–H groups in total. The van der Waals surface area contributed by atoms with Gasteiger partial charge in [-0.05, 0) is 74.3 Å². The van der Waals surface area contributed by atoms with E-state index in [2.05, 4.69) is 31.8 Å². The minimum absolute atomic E-state index is 0.0629. The summed E-state index contributed by atoms with van der Waals surface area (Å²) in [5.74, 6) is 4.23. The number of aryl methyl sites for hydroxylation is 1. The fraction of sp³-hybridized carbons (Fsp3) is 0.464. The third-order valence-corrected chi connectivity index (χ3v) is 10.9. The molecule has 0 aromatic heterocycles. The number of methoxy groups -OCH3 is 1. The zero-order valence-corrected chi connectivity index (χ0v) is 24.7. The van der Waals surface area contributed by atoms with Gasteiger partial charge in [0.25, 0.3) is 0 Å². The van der Waals surface area contributed by atoms with Gasteiger partial charge in [-0.15, -0.1) is 0 Å². The number of fused-ring (bicyclic) bond motifs is 1. The van der Waals surface area contributed by atoms with Gasteiger partial charge in [-0.1, -0.05) is 49.1 Å². The number of carbonyl (C=O) groups excluding carboxylic acids is 2. The molecule has 1 aliphatic heterocycles. The monoisotopic (exact) mass is 593 g/mol.